The van der Waals surface area contributed by atoms with Crippen LogP contribution in [0.5, 0.6) is 5.75 Å². The first-order valence-corrected chi connectivity index (χ1v) is 13.2. The summed E-state index contributed by atoms with van der Waals surface area (Å²) in [7, 11) is 3.30. The number of fused-ring (bicyclic) bond motifs is 3. The van der Waals surface area contributed by atoms with Crippen molar-refractivity contribution in [2.45, 2.75) is 32.6 Å². The lowest BCUT2D eigenvalue weighted by Crippen LogP contribution is -2.48. The number of rotatable bonds is 6. The normalized spacial score (nSPS) is 18.3. The number of methoxy groups -OCH3 is 1. The fourth-order valence-electron chi connectivity index (χ4n) is 4.82. The van der Waals surface area contributed by atoms with Gasteiger partial charge in [0, 0.05) is 43.4 Å². The summed E-state index contributed by atoms with van der Waals surface area (Å²) >= 11 is 0. The minimum atomic E-state index is -0.390. The topological polar surface area (TPSA) is 91.3 Å². The molecular formula is C31H37N3O5. The second-order valence-electron chi connectivity index (χ2n) is 10.1. The van der Waals surface area contributed by atoms with Crippen molar-refractivity contribution in [3.05, 3.63) is 83.9 Å². The summed E-state index contributed by atoms with van der Waals surface area (Å²) < 4.78 is 11.7. The van der Waals surface area contributed by atoms with Gasteiger partial charge in [-0.05, 0) is 41.8 Å². The van der Waals surface area contributed by atoms with Gasteiger partial charge in [0.25, 0.3) is 5.91 Å². The van der Waals surface area contributed by atoms with Crippen LogP contribution >= 0.6 is 0 Å². The van der Waals surface area contributed by atoms with E-state index in [1.165, 1.54) is 0 Å². The fourth-order valence-corrected chi connectivity index (χ4v) is 4.82. The number of benzene rings is 3. The Morgan fingerprint density at radius 1 is 1.10 bits per heavy atom. The molecule has 206 valence electrons. The lowest BCUT2D eigenvalue weighted by Gasteiger charge is -2.35. The van der Waals surface area contributed by atoms with E-state index in [9.17, 15) is 14.7 Å². The number of nitrogens with zero attached hydrogens (tertiary/aromatic N) is 2. The zero-order valence-electron chi connectivity index (χ0n) is 23.0. The SMILES string of the molecule is COc1cccc(NC(=O)N(C)C[C@@H]2OCc3ccccc3-c3ccccc3C(=O)N([C@@H](C)CO)C[C@H]2C)c1. The number of carbonyl (C=O) groups is 2. The van der Waals surface area contributed by atoms with Crippen LogP contribution in [0.15, 0.2) is 72.8 Å². The lowest BCUT2D eigenvalue weighted by atomic mass is 9.94. The molecule has 39 heavy (non-hydrogen) atoms. The molecule has 3 aromatic carbocycles. The van der Waals surface area contributed by atoms with Crippen molar-refractivity contribution >= 4 is 17.6 Å². The van der Waals surface area contributed by atoms with Crippen LogP contribution in [0.2, 0.25) is 0 Å². The number of nitrogens with one attached hydrogen (secondary N) is 1. The molecule has 0 saturated carbocycles. The largest absolute Gasteiger partial charge is 0.497 e. The van der Waals surface area contributed by atoms with Crippen molar-refractivity contribution in [3.63, 3.8) is 0 Å². The molecule has 0 radical (unpaired) electrons. The number of likely N-dealkylation sites (N-methyl/N-ethyl adjacent to an activating group) is 1. The summed E-state index contributed by atoms with van der Waals surface area (Å²) in [6.07, 6.45) is -0.374. The van der Waals surface area contributed by atoms with E-state index in [0.29, 0.717) is 36.7 Å². The Labute approximate surface area is 230 Å². The molecule has 0 fully saturated rings. The van der Waals surface area contributed by atoms with E-state index in [4.69, 9.17) is 9.47 Å². The van der Waals surface area contributed by atoms with Crippen LogP contribution in [0.1, 0.15) is 29.8 Å². The van der Waals surface area contributed by atoms with Crippen LogP contribution in [-0.2, 0) is 11.3 Å². The predicted octanol–water partition coefficient (Wildman–Crippen LogP) is 4.88. The van der Waals surface area contributed by atoms with E-state index < -0.39 is 6.04 Å². The third kappa shape index (κ3) is 6.58. The van der Waals surface area contributed by atoms with E-state index >= 15 is 0 Å². The Balaban J connectivity index is 1.63. The second kappa shape index (κ2) is 12.8. The molecule has 1 aliphatic rings. The van der Waals surface area contributed by atoms with Crippen molar-refractivity contribution in [2.75, 3.05) is 39.2 Å². The van der Waals surface area contributed by atoms with Gasteiger partial charge in [-0.1, -0.05) is 55.5 Å². The molecule has 0 saturated heterocycles. The zero-order valence-corrected chi connectivity index (χ0v) is 23.0. The number of aliphatic hydroxyl groups excluding tert-OH is 1. The van der Waals surface area contributed by atoms with Gasteiger partial charge in [-0.3, -0.25) is 4.79 Å². The molecule has 1 aliphatic heterocycles. The molecule has 8 nitrogen and oxygen atoms in total. The third-order valence-corrected chi connectivity index (χ3v) is 7.22. The number of amides is 3. The molecule has 0 aliphatic carbocycles. The molecule has 3 aromatic rings. The molecule has 3 atom stereocenters. The number of hydrogen-bond donors (Lipinski definition) is 2. The summed E-state index contributed by atoms with van der Waals surface area (Å²) in [5.41, 5.74) is 3.93. The van der Waals surface area contributed by atoms with Gasteiger partial charge in [0.2, 0.25) is 0 Å². The molecule has 2 N–H and O–H groups in total. The molecule has 0 bridgehead atoms. The zero-order chi connectivity index (χ0) is 27.9. The molecule has 3 amide bonds. The van der Waals surface area contributed by atoms with Gasteiger partial charge in [-0.2, -0.15) is 0 Å². The maximum atomic E-state index is 13.9. The van der Waals surface area contributed by atoms with Gasteiger partial charge in [0.05, 0.1) is 32.5 Å². The maximum absolute atomic E-state index is 13.9. The van der Waals surface area contributed by atoms with Crippen molar-refractivity contribution in [1.29, 1.82) is 0 Å². The minimum Gasteiger partial charge on any atom is -0.497 e. The smallest absolute Gasteiger partial charge is 0.321 e. The molecule has 0 spiro atoms. The first-order valence-electron chi connectivity index (χ1n) is 13.2. The summed E-state index contributed by atoms with van der Waals surface area (Å²) in [6.45, 7) is 4.69. The molecular weight excluding hydrogens is 494 g/mol. The van der Waals surface area contributed by atoms with Crippen molar-refractivity contribution < 1.29 is 24.2 Å². The van der Waals surface area contributed by atoms with Crippen LogP contribution in [0.4, 0.5) is 10.5 Å². The molecule has 1 heterocycles. The van der Waals surface area contributed by atoms with Crippen LogP contribution in [0, 0.1) is 5.92 Å². The van der Waals surface area contributed by atoms with Gasteiger partial charge >= 0.3 is 6.03 Å². The highest BCUT2D eigenvalue weighted by molar-refractivity contribution is 6.01. The number of urea groups is 1. The number of aliphatic hydroxyl groups is 1. The van der Waals surface area contributed by atoms with Gasteiger partial charge in [-0.15, -0.1) is 0 Å². The summed E-state index contributed by atoms with van der Waals surface area (Å²) in [5.74, 6) is 0.379. The Bertz CT molecular complexity index is 1300. The number of hydrogen-bond acceptors (Lipinski definition) is 5. The first-order chi connectivity index (χ1) is 18.8. The van der Waals surface area contributed by atoms with Gasteiger partial charge in [0.1, 0.15) is 5.75 Å². The third-order valence-electron chi connectivity index (χ3n) is 7.22. The molecule has 0 unspecified atom stereocenters. The standard InChI is InChI=1S/C31H37N3O5/c1-21-17-34(22(2)19-35)30(36)28-15-8-7-14-27(28)26-13-6-5-10-23(26)20-39-29(21)18-33(3)31(37)32-24-11-9-12-25(16-24)38-4/h5-16,21-22,29,35H,17-20H2,1-4H3,(H,32,37)/t21-,22+,29+/m1/s1. The van der Waals surface area contributed by atoms with Gasteiger partial charge in [-0.25, -0.2) is 4.79 Å². The number of ether oxygens (including phenoxy) is 2. The van der Waals surface area contributed by atoms with Crippen molar-refractivity contribution in [2.24, 2.45) is 5.92 Å². The van der Waals surface area contributed by atoms with E-state index in [2.05, 4.69) is 5.32 Å². The van der Waals surface area contributed by atoms with Crippen LogP contribution in [0.3, 0.4) is 0 Å². The molecule has 0 aromatic heterocycles. The van der Waals surface area contributed by atoms with Gasteiger partial charge in [0.15, 0.2) is 0 Å². The Morgan fingerprint density at radius 3 is 2.51 bits per heavy atom. The van der Waals surface area contributed by atoms with E-state index in [1.807, 2.05) is 74.5 Å². The highest BCUT2D eigenvalue weighted by Crippen LogP contribution is 2.31. The van der Waals surface area contributed by atoms with E-state index in [1.54, 1.807) is 36.1 Å². The maximum Gasteiger partial charge on any atom is 0.321 e. The van der Waals surface area contributed by atoms with Gasteiger partial charge < -0.3 is 29.7 Å². The van der Waals surface area contributed by atoms with Crippen LogP contribution in [-0.4, -0.2) is 72.8 Å². The quantitative estimate of drug-likeness (QED) is 0.473. The monoisotopic (exact) mass is 531 g/mol. The number of anilines is 1. The average molecular weight is 532 g/mol. The van der Waals surface area contributed by atoms with E-state index in [0.717, 1.165) is 16.7 Å². The Morgan fingerprint density at radius 2 is 1.79 bits per heavy atom. The second-order valence-corrected chi connectivity index (χ2v) is 10.1. The molecule has 8 heteroatoms. The summed E-state index contributed by atoms with van der Waals surface area (Å²) in [4.78, 5) is 30.3. The summed E-state index contributed by atoms with van der Waals surface area (Å²) in [5, 5.41) is 12.9. The fraction of sp³-hybridized carbons (Fsp3) is 0.355. The van der Waals surface area contributed by atoms with E-state index in [-0.39, 0.29) is 30.6 Å². The average Bonchev–Trinajstić information content (AvgIpc) is 2.98. The lowest BCUT2D eigenvalue weighted by molar-refractivity contribution is -0.0178. The first kappa shape index (κ1) is 28.1. The van der Waals surface area contributed by atoms with Crippen LogP contribution < -0.4 is 10.1 Å². The number of carbonyl (C=O) groups excluding carboxylic acids is 2. The summed E-state index contributed by atoms with van der Waals surface area (Å²) in [6, 6.07) is 22.0. The Kier molecular flexibility index (Phi) is 9.22. The van der Waals surface area contributed by atoms with Crippen LogP contribution in [0.25, 0.3) is 11.1 Å². The minimum absolute atomic E-state index is 0.132. The van der Waals surface area contributed by atoms with Crippen molar-refractivity contribution in [3.8, 4) is 16.9 Å². The predicted molar refractivity (Wildman–Crippen MR) is 152 cm³/mol. The highest BCUT2D eigenvalue weighted by atomic mass is 16.5. The molecule has 4 rings (SSSR count). The Hall–Kier alpha value is -3.88. The van der Waals surface area contributed by atoms with Crippen molar-refractivity contribution in [1.82, 2.24) is 9.80 Å². The highest BCUT2D eigenvalue weighted by Gasteiger charge is 2.31.